The van der Waals surface area contributed by atoms with Gasteiger partial charge in [0.15, 0.2) is 0 Å². The highest BCUT2D eigenvalue weighted by Gasteiger charge is 2.50. The molecule has 2 amide bonds. The van der Waals surface area contributed by atoms with E-state index in [1.165, 1.54) is 63.6 Å². The van der Waals surface area contributed by atoms with E-state index in [0.29, 0.717) is 12.0 Å². The molecule has 0 spiro atoms. The number of amides is 2. The van der Waals surface area contributed by atoms with E-state index in [-0.39, 0.29) is 16.7 Å². The van der Waals surface area contributed by atoms with Crippen LogP contribution in [0.15, 0.2) is 18.2 Å². The Balaban J connectivity index is 1.24. The lowest BCUT2D eigenvalue weighted by atomic mass is 9.49. The Bertz CT molecular complexity index is 947. The lowest BCUT2D eigenvalue weighted by molar-refractivity contribution is -0.140. The first kappa shape index (κ1) is 20.2. The van der Waals surface area contributed by atoms with Gasteiger partial charge in [0.2, 0.25) is 0 Å². The van der Waals surface area contributed by atoms with E-state index in [2.05, 4.69) is 0 Å². The minimum atomic E-state index is -1.27. The molecule has 4 saturated carbocycles. The van der Waals surface area contributed by atoms with Gasteiger partial charge in [0.25, 0.3) is 11.8 Å². The van der Waals surface area contributed by atoms with E-state index in [1.54, 1.807) is 0 Å². The minimum Gasteiger partial charge on any atom is -0.480 e. The molecule has 4 bridgehead atoms. The van der Waals surface area contributed by atoms with Gasteiger partial charge in [-0.05, 0) is 93.2 Å². The summed E-state index contributed by atoms with van der Waals surface area (Å²) in [5, 5.41) is 9.16. The van der Waals surface area contributed by atoms with E-state index >= 15 is 0 Å². The van der Waals surface area contributed by atoms with Crippen molar-refractivity contribution >= 4 is 23.8 Å². The van der Waals surface area contributed by atoms with E-state index in [0.717, 1.165) is 29.1 Å². The maximum absolute atomic E-state index is 12.6. The Morgan fingerprint density at radius 2 is 1.65 bits per heavy atom. The SMILES string of the molecule is C[C@H](C(=O)O)N1C(=O)c2ccc(C(=O)OCCC34CC5CC(CC(C5)C3)C4)cc2C1=O. The van der Waals surface area contributed by atoms with Crippen LogP contribution in [0.5, 0.6) is 0 Å². The van der Waals surface area contributed by atoms with Crippen molar-refractivity contribution in [3.8, 4) is 0 Å². The van der Waals surface area contributed by atoms with Crippen LogP contribution in [0.4, 0.5) is 0 Å². The number of hydrogen-bond acceptors (Lipinski definition) is 5. The van der Waals surface area contributed by atoms with Crippen molar-refractivity contribution in [1.82, 2.24) is 4.90 Å². The van der Waals surface area contributed by atoms with Gasteiger partial charge in [-0.15, -0.1) is 0 Å². The molecule has 0 unspecified atom stereocenters. The molecule has 31 heavy (non-hydrogen) atoms. The van der Waals surface area contributed by atoms with Crippen molar-refractivity contribution in [3.05, 3.63) is 34.9 Å². The second-order valence-electron chi connectivity index (χ2n) is 10.1. The highest BCUT2D eigenvalue weighted by atomic mass is 16.5. The molecule has 4 fully saturated rings. The Morgan fingerprint density at radius 1 is 1.06 bits per heavy atom. The zero-order valence-corrected chi connectivity index (χ0v) is 17.6. The van der Waals surface area contributed by atoms with Crippen LogP contribution in [0.1, 0.15) is 82.9 Å². The zero-order valence-electron chi connectivity index (χ0n) is 17.6. The molecule has 6 rings (SSSR count). The molecule has 7 heteroatoms. The molecule has 1 heterocycles. The van der Waals surface area contributed by atoms with Gasteiger partial charge < -0.3 is 9.84 Å². The fourth-order valence-electron chi connectivity index (χ4n) is 6.89. The summed E-state index contributed by atoms with van der Waals surface area (Å²) in [5.41, 5.74) is 0.690. The maximum atomic E-state index is 12.6. The van der Waals surface area contributed by atoms with Gasteiger partial charge in [-0.1, -0.05) is 0 Å². The van der Waals surface area contributed by atoms with Gasteiger partial charge in [-0.25, -0.2) is 9.59 Å². The van der Waals surface area contributed by atoms with Crippen molar-refractivity contribution in [2.75, 3.05) is 6.61 Å². The predicted octanol–water partition coefficient (Wildman–Crippen LogP) is 3.52. The Labute approximate surface area is 180 Å². The Hall–Kier alpha value is -2.70. The summed E-state index contributed by atoms with van der Waals surface area (Å²) in [6, 6.07) is 2.94. The number of carbonyl (C=O) groups is 4. The molecule has 0 radical (unpaired) electrons. The predicted molar refractivity (Wildman–Crippen MR) is 110 cm³/mol. The Kier molecular flexibility index (Phi) is 4.68. The van der Waals surface area contributed by atoms with Gasteiger partial charge in [-0.2, -0.15) is 0 Å². The van der Waals surface area contributed by atoms with Crippen LogP contribution in [0.2, 0.25) is 0 Å². The molecular weight excluding hydrogens is 398 g/mol. The number of imide groups is 1. The molecule has 1 aromatic carbocycles. The number of carbonyl (C=O) groups excluding carboxylic acids is 3. The van der Waals surface area contributed by atoms with Crippen LogP contribution in [0.3, 0.4) is 0 Å². The summed E-state index contributed by atoms with van der Waals surface area (Å²) in [7, 11) is 0. The number of carboxylic acid groups (broad SMARTS) is 1. The van der Waals surface area contributed by atoms with E-state index in [9.17, 15) is 19.2 Å². The third kappa shape index (κ3) is 3.34. The molecule has 1 atom stereocenters. The summed E-state index contributed by atoms with van der Waals surface area (Å²) in [6.45, 7) is 1.64. The topological polar surface area (TPSA) is 101 Å². The number of carboxylic acids is 1. The van der Waals surface area contributed by atoms with Gasteiger partial charge in [0.1, 0.15) is 6.04 Å². The van der Waals surface area contributed by atoms with E-state index < -0.39 is 29.8 Å². The van der Waals surface area contributed by atoms with Crippen LogP contribution < -0.4 is 0 Å². The summed E-state index contributed by atoms with van der Waals surface area (Å²) in [4.78, 5) is 49.6. The quantitative estimate of drug-likeness (QED) is 0.553. The number of aliphatic carboxylic acids is 1. The highest BCUT2D eigenvalue weighted by molar-refractivity contribution is 6.23. The average molecular weight is 425 g/mol. The van der Waals surface area contributed by atoms with Gasteiger partial charge in [0.05, 0.1) is 23.3 Å². The van der Waals surface area contributed by atoms with Crippen molar-refractivity contribution in [2.45, 2.75) is 57.9 Å². The first-order chi connectivity index (χ1) is 14.8. The molecule has 4 aliphatic carbocycles. The van der Waals surface area contributed by atoms with Crippen LogP contribution >= 0.6 is 0 Å². The van der Waals surface area contributed by atoms with E-state index in [1.807, 2.05) is 0 Å². The first-order valence-corrected chi connectivity index (χ1v) is 11.2. The number of rotatable bonds is 6. The number of esters is 1. The minimum absolute atomic E-state index is 0.0497. The summed E-state index contributed by atoms with van der Waals surface area (Å²) in [5.74, 6) is -0.596. The van der Waals surface area contributed by atoms with Gasteiger partial charge in [0, 0.05) is 0 Å². The molecule has 7 nitrogen and oxygen atoms in total. The summed E-state index contributed by atoms with van der Waals surface area (Å²) < 4.78 is 5.56. The molecule has 1 aromatic rings. The number of nitrogens with zero attached hydrogens (tertiary/aromatic N) is 1. The molecule has 1 aliphatic heterocycles. The molecular formula is C24H27NO6. The largest absolute Gasteiger partial charge is 0.480 e. The highest BCUT2D eigenvalue weighted by Crippen LogP contribution is 2.61. The third-order valence-electron chi connectivity index (χ3n) is 7.93. The van der Waals surface area contributed by atoms with Crippen molar-refractivity contribution in [2.24, 2.45) is 23.2 Å². The van der Waals surface area contributed by atoms with Crippen LogP contribution in [-0.4, -0.2) is 46.4 Å². The van der Waals surface area contributed by atoms with Crippen LogP contribution in [-0.2, 0) is 9.53 Å². The van der Waals surface area contributed by atoms with Crippen LogP contribution in [0.25, 0.3) is 0 Å². The number of fused-ring (bicyclic) bond motifs is 1. The normalized spacial score (nSPS) is 31.6. The van der Waals surface area contributed by atoms with Gasteiger partial charge in [-0.3, -0.25) is 14.5 Å². The van der Waals surface area contributed by atoms with E-state index in [4.69, 9.17) is 9.84 Å². The third-order valence-corrected chi connectivity index (χ3v) is 7.93. The summed E-state index contributed by atoms with van der Waals surface area (Å²) in [6.07, 6.45) is 8.76. The second-order valence-corrected chi connectivity index (χ2v) is 10.1. The second kappa shape index (κ2) is 7.18. The van der Waals surface area contributed by atoms with Crippen molar-refractivity contribution in [3.63, 3.8) is 0 Å². The smallest absolute Gasteiger partial charge is 0.338 e. The molecule has 5 aliphatic rings. The molecule has 0 saturated heterocycles. The van der Waals surface area contributed by atoms with Crippen molar-refractivity contribution < 1.29 is 29.0 Å². The lowest BCUT2D eigenvalue weighted by Crippen LogP contribution is -2.46. The number of hydrogen-bond donors (Lipinski definition) is 1. The number of ether oxygens (including phenoxy) is 1. The lowest BCUT2D eigenvalue weighted by Gasteiger charge is -2.57. The Morgan fingerprint density at radius 3 is 2.23 bits per heavy atom. The fraction of sp³-hybridized carbons (Fsp3) is 0.583. The zero-order chi connectivity index (χ0) is 21.9. The first-order valence-electron chi connectivity index (χ1n) is 11.2. The molecule has 0 aromatic heterocycles. The monoisotopic (exact) mass is 425 g/mol. The fourth-order valence-corrected chi connectivity index (χ4v) is 6.89. The standard InChI is InChI=1S/C24H27NO6/c1-13(22(28)29)25-20(26)18-3-2-17(9-19(18)21(25)27)23(30)31-5-4-24-10-14-6-15(11-24)8-16(7-14)12-24/h2-3,9,13-16H,4-8,10-12H2,1H3,(H,28,29)/t13-,14?,15?,16?,24?/m1/s1. The molecule has 1 N–H and O–H groups in total. The number of benzene rings is 1. The summed E-state index contributed by atoms with van der Waals surface area (Å²) >= 11 is 0. The average Bonchev–Trinajstić information content (AvgIpc) is 2.96. The maximum Gasteiger partial charge on any atom is 0.338 e. The van der Waals surface area contributed by atoms with Crippen molar-refractivity contribution in [1.29, 1.82) is 0 Å². The van der Waals surface area contributed by atoms with Crippen LogP contribution in [0, 0.1) is 23.2 Å². The van der Waals surface area contributed by atoms with Gasteiger partial charge >= 0.3 is 11.9 Å². The molecule has 164 valence electrons.